The summed E-state index contributed by atoms with van der Waals surface area (Å²) >= 11 is 1.54. The number of rotatable bonds is 6. The van der Waals surface area contributed by atoms with E-state index in [1.807, 2.05) is 16.8 Å². The summed E-state index contributed by atoms with van der Waals surface area (Å²) in [6.07, 6.45) is 0.106. The molecule has 0 unspecified atom stereocenters. The number of hydrazone groups is 1. The second-order valence-electron chi connectivity index (χ2n) is 5.84. The predicted molar refractivity (Wildman–Crippen MR) is 96.6 cm³/mol. The van der Waals surface area contributed by atoms with E-state index in [-0.39, 0.29) is 24.5 Å². The van der Waals surface area contributed by atoms with Crippen LogP contribution in [-0.2, 0) is 9.59 Å². The number of carbonyl (C=O) groups is 2. The van der Waals surface area contributed by atoms with Crippen LogP contribution >= 0.6 is 11.3 Å². The van der Waals surface area contributed by atoms with E-state index < -0.39 is 12.0 Å². The number of hydrogen-bond acceptors (Lipinski definition) is 6. The lowest BCUT2D eigenvalue weighted by atomic mass is 9.99. The van der Waals surface area contributed by atoms with Gasteiger partial charge in [-0.1, -0.05) is 6.07 Å². The molecule has 2 aromatic rings. The van der Waals surface area contributed by atoms with E-state index in [9.17, 15) is 14.7 Å². The fourth-order valence-corrected chi connectivity index (χ4v) is 3.51. The van der Waals surface area contributed by atoms with E-state index in [1.54, 1.807) is 18.2 Å². The van der Waals surface area contributed by atoms with Crippen LogP contribution < -0.4 is 4.74 Å². The number of carboxylic acids is 1. The highest BCUT2D eigenvalue weighted by Crippen LogP contribution is 2.37. The molecule has 1 aliphatic heterocycles. The van der Waals surface area contributed by atoms with Crippen molar-refractivity contribution in [1.82, 2.24) is 5.01 Å². The standard InChI is InChI=1S/C18H18N2O5S/c1-25-16-3-2-11(8-15(16)21)14-9-13(12-6-7-26-10-12)19-20(14)17(22)4-5-18(23)24/h2-3,6-8,10,14,21H,4-5,9H2,1H3,(H,23,24)/t14-/m0/s1. The van der Waals surface area contributed by atoms with Gasteiger partial charge in [0.05, 0.1) is 25.3 Å². The molecule has 2 heterocycles. The van der Waals surface area contributed by atoms with Gasteiger partial charge in [-0.25, -0.2) is 5.01 Å². The molecule has 2 N–H and O–H groups in total. The van der Waals surface area contributed by atoms with E-state index >= 15 is 0 Å². The SMILES string of the molecule is COc1ccc([C@@H]2CC(c3ccsc3)=NN2C(=O)CCC(=O)O)cc1O. The van der Waals surface area contributed by atoms with Gasteiger partial charge in [-0.05, 0) is 34.5 Å². The maximum atomic E-state index is 12.5. The number of ether oxygens (including phenoxy) is 1. The van der Waals surface area contributed by atoms with Gasteiger partial charge in [0.2, 0.25) is 5.91 Å². The molecule has 1 aromatic carbocycles. The minimum absolute atomic E-state index is 0.0214. The van der Waals surface area contributed by atoms with E-state index in [4.69, 9.17) is 9.84 Å². The van der Waals surface area contributed by atoms with Crippen LogP contribution in [-0.4, -0.2) is 39.9 Å². The highest BCUT2D eigenvalue weighted by Gasteiger charge is 2.33. The van der Waals surface area contributed by atoms with Crippen molar-refractivity contribution in [3.63, 3.8) is 0 Å². The largest absolute Gasteiger partial charge is 0.504 e. The van der Waals surface area contributed by atoms with E-state index in [2.05, 4.69) is 5.10 Å². The molecular formula is C18H18N2O5S. The molecule has 8 heteroatoms. The molecule has 0 saturated heterocycles. The second-order valence-corrected chi connectivity index (χ2v) is 6.62. The predicted octanol–water partition coefficient (Wildman–Crippen LogP) is 3.00. The second kappa shape index (κ2) is 7.57. The number of carboxylic acid groups (broad SMARTS) is 1. The Bertz CT molecular complexity index is 847. The van der Waals surface area contributed by atoms with Crippen LogP contribution in [0.4, 0.5) is 0 Å². The zero-order valence-corrected chi connectivity index (χ0v) is 14.9. The Morgan fingerprint density at radius 2 is 2.15 bits per heavy atom. The Morgan fingerprint density at radius 3 is 2.77 bits per heavy atom. The van der Waals surface area contributed by atoms with Crippen molar-refractivity contribution in [2.75, 3.05) is 7.11 Å². The van der Waals surface area contributed by atoms with Crippen molar-refractivity contribution in [3.05, 3.63) is 46.2 Å². The molecule has 0 fully saturated rings. The van der Waals surface area contributed by atoms with Crippen LogP contribution in [0.15, 0.2) is 40.1 Å². The third-order valence-corrected chi connectivity index (χ3v) is 4.84. The third kappa shape index (κ3) is 3.70. The number of amides is 1. The van der Waals surface area contributed by atoms with E-state index in [0.717, 1.165) is 11.3 Å². The first kappa shape index (κ1) is 17.9. The quantitative estimate of drug-likeness (QED) is 0.810. The smallest absolute Gasteiger partial charge is 0.303 e. The van der Waals surface area contributed by atoms with Gasteiger partial charge in [-0.15, -0.1) is 0 Å². The molecule has 1 atom stereocenters. The van der Waals surface area contributed by atoms with Crippen molar-refractivity contribution >= 4 is 28.9 Å². The first-order valence-electron chi connectivity index (χ1n) is 8.00. The lowest BCUT2D eigenvalue weighted by Gasteiger charge is -2.22. The molecule has 26 heavy (non-hydrogen) atoms. The summed E-state index contributed by atoms with van der Waals surface area (Å²) in [4.78, 5) is 23.3. The Balaban J connectivity index is 1.90. The zero-order valence-electron chi connectivity index (χ0n) is 14.1. The van der Waals surface area contributed by atoms with Gasteiger partial charge in [0.25, 0.3) is 0 Å². The summed E-state index contributed by atoms with van der Waals surface area (Å²) in [5.74, 6) is -1.07. The van der Waals surface area contributed by atoms with Crippen LogP contribution in [0.25, 0.3) is 0 Å². The number of nitrogens with zero attached hydrogens (tertiary/aromatic N) is 2. The van der Waals surface area contributed by atoms with Crippen LogP contribution in [0.2, 0.25) is 0 Å². The van der Waals surface area contributed by atoms with Crippen molar-refractivity contribution in [1.29, 1.82) is 0 Å². The van der Waals surface area contributed by atoms with Crippen molar-refractivity contribution in [2.24, 2.45) is 5.10 Å². The molecule has 1 aliphatic rings. The number of phenols is 1. The van der Waals surface area contributed by atoms with Gasteiger partial charge in [-0.3, -0.25) is 9.59 Å². The zero-order chi connectivity index (χ0) is 18.7. The highest BCUT2D eigenvalue weighted by molar-refractivity contribution is 7.08. The summed E-state index contributed by atoms with van der Waals surface area (Å²) in [7, 11) is 1.46. The minimum Gasteiger partial charge on any atom is -0.504 e. The minimum atomic E-state index is -1.03. The van der Waals surface area contributed by atoms with Gasteiger partial charge in [0.1, 0.15) is 0 Å². The molecule has 0 bridgehead atoms. The highest BCUT2D eigenvalue weighted by atomic mass is 32.1. The van der Waals surface area contributed by atoms with Gasteiger partial charge in [0, 0.05) is 18.4 Å². The Kier molecular flexibility index (Phi) is 5.22. The molecule has 0 aliphatic carbocycles. The number of phenolic OH excluding ortho intramolecular Hbond substituents is 1. The molecule has 136 valence electrons. The maximum absolute atomic E-state index is 12.5. The number of thiophene rings is 1. The van der Waals surface area contributed by atoms with Crippen LogP contribution in [0.5, 0.6) is 11.5 Å². The first-order valence-corrected chi connectivity index (χ1v) is 8.94. The monoisotopic (exact) mass is 374 g/mol. The average Bonchev–Trinajstić information content (AvgIpc) is 3.28. The first-order chi connectivity index (χ1) is 12.5. The van der Waals surface area contributed by atoms with Gasteiger partial charge in [-0.2, -0.15) is 16.4 Å². The topological polar surface area (TPSA) is 99.4 Å². The Labute approximate surface area is 154 Å². The van der Waals surface area contributed by atoms with Crippen molar-refractivity contribution in [3.8, 4) is 11.5 Å². The molecule has 7 nitrogen and oxygen atoms in total. The van der Waals surface area contributed by atoms with E-state index in [0.29, 0.717) is 17.7 Å². The normalized spacial score (nSPS) is 16.4. The maximum Gasteiger partial charge on any atom is 0.303 e. The summed E-state index contributed by atoms with van der Waals surface area (Å²) in [6.45, 7) is 0. The number of aromatic hydroxyl groups is 1. The number of carbonyl (C=O) groups excluding carboxylic acids is 1. The molecule has 0 spiro atoms. The lowest BCUT2D eigenvalue weighted by Crippen LogP contribution is -2.27. The number of hydrogen-bond donors (Lipinski definition) is 2. The van der Waals surface area contributed by atoms with Gasteiger partial charge in [0.15, 0.2) is 11.5 Å². The number of benzene rings is 1. The lowest BCUT2D eigenvalue weighted by molar-refractivity contribution is -0.141. The molecule has 3 rings (SSSR count). The fourth-order valence-electron chi connectivity index (χ4n) is 2.85. The summed E-state index contributed by atoms with van der Waals surface area (Å²) in [6, 6.07) is 6.48. The Morgan fingerprint density at radius 1 is 1.35 bits per heavy atom. The van der Waals surface area contributed by atoms with Crippen molar-refractivity contribution in [2.45, 2.75) is 25.3 Å². The molecule has 0 radical (unpaired) electrons. The summed E-state index contributed by atoms with van der Waals surface area (Å²) in [5, 5.41) is 28.5. The Hall–Kier alpha value is -2.87. The molecule has 1 aromatic heterocycles. The van der Waals surface area contributed by atoms with Crippen LogP contribution in [0.1, 0.15) is 36.4 Å². The van der Waals surface area contributed by atoms with Crippen LogP contribution in [0.3, 0.4) is 0 Å². The fraction of sp³-hybridized carbons (Fsp3) is 0.278. The molecule has 1 amide bonds. The number of aliphatic carboxylic acids is 1. The summed E-state index contributed by atoms with van der Waals surface area (Å²) in [5.41, 5.74) is 2.41. The van der Waals surface area contributed by atoms with Crippen LogP contribution in [0, 0.1) is 0 Å². The average molecular weight is 374 g/mol. The van der Waals surface area contributed by atoms with E-state index in [1.165, 1.54) is 23.5 Å². The molecular weight excluding hydrogens is 356 g/mol. The van der Waals surface area contributed by atoms with Gasteiger partial charge >= 0.3 is 5.97 Å². The summed E-state index contributed by atoms with van der Waals surface area (Å²) < 4.78 is 5.06. The molecule has 0 saturated carbocycles. The third-order valence-electron chi connectivity index (χ3n) is 4.16. The van der Waals surface area contributed by atoms with Crippen molar-refractivity contribution < 1.29 is 24.5 Å². The number of methoxy groups -OCH3 is 1. The van der Waals surface area contributed by atoms with Gasteiger partial charge < -0.3 is 14.9 Å².